The van der Waals surface area contributed by atoms with Crippen molar-refractivity contribution < 1.29 is 14.2 Å². The first kappa shape index (κ1) is 25.0. The van der Waals surface area contributed by atoms with Gasteiger partial charge in [-0.3, -0.25) is 9.69 Å². The number of aromatic nitrogens is 3. The number of aromatic amines is 1. The third-order valence-electron chi connectivity index (χ3n) is 9.54. The van der Waals surface area contributed by atoms with E-state index in [-0.39, 0.29) is 22.9 Å². The second-order valence-corrected chi connectivity index (χ2v) is 12.2. The summed E-state index contributed by atoms with van der Waals surface area (Å²) < 4.78 is 20.7. The molecule has 2 bridgehead atoms. The number of ether oxygens (including phenoxy) is 1. The van der Waals surface area contributed by atoms with Crippen LogP contribution in [0.1, 0.15) is 32.1 Å². The number of hydrogen-bond donors (Lipinski definition) is 3. The van der Waals surface area contributed by atoms with E-state index in [4.69, 9.17) is 14.7 Å². The number of hydrogen-bond acceptors (Lipinski definition) is 8. The molecule has 4 aliphatic heterocycles. The van der Waals surface area contributed by atoms with E-state index in [0.717, 1.165) is 56.1 Å². The molecule has 212 valence electrons. The molecule has 4 aromatic rings. The fourth-order valence-corrected chi connectivity index (χ4v) is 7.70. The molecule has 0 radical (unpaired) electrons. The first-order chi connectivity index (χ1) is 19.9. The molecule has 4 saturated heterocycles. The van der Waals surface area contributed by atoms with E-state index in [1.54, 1.807) is 12.1 Å². The maximum atomic E-state index is 14.4. The summed E-state index contributed by atoms with van der Waals surface area (Å²) in [5.74, 6) is 0.693. The second kappa shape index (κ2) is 9.39. The van der Waals surface area contributed by atoms with Gasteiger partial charge in [0.15, 0.2) is 0 Å². The van der Waals surface area contributed by atoms with E-state index in [1.807, 2.05) is 30.3 Å². The Bertz CT molecular complexity index is 1720. The van der Waals surface area contributed by atoms with E-state index in [9.17, 15) is 14.3 Å². The van der Waals surface area contributed by atoms with Crippen molar-refractivity contribution in [2.45, 2.75) is 55.9 Å². The molecule has 3 N–H and O–H groups in total. The minimum Gasteiger partial charge on any atom is -0.508 e. The van der Waals surface area contributed by atoms with Crippen LogP contribution < -0.4 is 20.5 Å². The molecule has 0 saturated carbocycles. The van der Waals surface area contributed by atoms with Gasteiger partial charge in [-0.05, 0) is 61.2 Å². The van der Waals surface area contributed by atoms with Crippen molar-refractivity contribution in [3.63, 3.8) is 0 Å². The molecule has 6 heterocycles. The van der Waals surface area contributed by atoms with Gasteiger partial charge >= 0.3 is 6.01 Å². The second-order valence-electron chi connectivity index (χ2n) is 12.2. The Morgan fingerprint density at radius 3 is 2.78 bits per heavy atom. The number of pyridine rings is 1. The van der Waals surface area contributed by atoms with Gasteiger partial charge in [-0.2, -0.15) is 9.97 Å². The number of piperazine rings is 1. The molecule has 4 atom stereocenters. The predicted octanol–water partition coefficient (Wildman–Crippen LogP) is 3.74. The van der Waals surface area contributed by atoms with Crippen LogP contribution in [0.25, 0.3) is 32.9 Å². The van der Waals surface area contributed by atoms with Crippen molar-refractivity contribution >= 4 is 27.5 Å². The molecule has 0 amide bonds. The summed E-state index contributed by atoms with van der Waals surface area (Å²) in [5, 5.41) is 16.3. The number of rotatable bonds is 5. The smallest absolute Gasteiger partial charge is 0.319 e. The number of halogens is 1. The van der Waals surface area contributed by atoms with E-state index >= 15 is 0 Å². The predicted molar refractivity (Wildman–Crippen MR) is 155 cm³/mol. The third kappa shape index (κ3) is 4.23. The summed E-state index contributed by atoms with van der Waals surface area (Å²) in [6, 6.07) is 13.9. The number of aromatic hydroxyl groups is 1. The van der Waals surface area contributed by atoms with Crippen molar-refractivity contribution in [3.05, 3.63) is 52.8 Å². The Balaban J connectivity index is 1.25. The summed E-state index contributed by atoms with van der Waals surface area (Å²) in [6.45, 7) is 3.16. The zero-order valence-electron chi connectivity index (χ0n) is 22.8. The Morgan fingerprint density at radius 2 is 1.93 bits per heavy atom. The molecule has 2 aromatic carbocycles. The van der Waals surface area contributed by atoms with Crippen LogP contribution in [0, 0.1) is 0 Å². The van der Waals surface area contributed by atoms with Gasteiger partial charge < -0.3 is 25.0 Å². The van der Waals surface area contributed by atoms with Crippen LogP contribution in [0.3, 0.4) is 0 Å². The number of benzene rings is 2. The lowest BCUT2D eigenvalue weighted by Gasteiger charge is -2.34. The molecule has 8 rings (SSSR count). The molecular weight excluding hydrogens is 523 g/mol. The molecule has 41 heavy (non-hydrogen) atoms. The summed E-state index contributed by atoms with van der Waals surface area (Å²) in [4.78, 5) is 30.8. The van der Waals surface area contributed by atoms with Crippen LogP contribution in [-0.2, 0) is 0 Å². The highest BCUT2D eigenvalue weighted by Crippen LogP contribution is 2.41. The zero-order chi connectivity index (χ0) is 27.7. The molecule has 2 unspecified atom stereocenters. The van der Waals surface area contributed by atoms with Crippen LogP contribution in [0.15, 0.2) is 47.3 Å². The van der Waals surface area contributed by atoms with Gasteiger partial charge in [0.2, 0.25) is 0 Å². The van der Waals surface area contributed by atoms with Gasteiger partial charge in [0.25, 0.3) is 5.56 Å². The van der Waals surface area contributed by atoms with Gasteiger partial charge in [-0.25, -0.2) is 4.39 Å². The van der Waals surface area contributed by atoms with Crippen LogP contribution in [0.4, 0.5) is 10.2 Å². The van der Waals surface area contributed by atoms with Crippen LogP contribution >= 0.6 is 0 Å². The summed E-state index contributed by atoms with van der Waals surface area (Å²) in [5.41, 5.74) is 1.14. The largest absolute Gasteiger partial charge is 0.508 e. The van der Waals surface area contributed by atoms with E-state index in [0.29, 0.717) is 59.6 Å². The number of anilines is 1. The van der Waals surface area contributed by atoms with Crippen molar-refractivity contribution in [3.8, 4) is 23.0 Å². The molecule has 0 spiro atoms. The molecular formula is C31H33FN6O3. The van der Waals surface area contributed by atoms with E-state index < -0.39 is 6.17 Å². The highest BCUT2D eigenvalue weighted by Gasteiger charge is 2.49. The molecule has 0 aliphatic carbocycles. The number of H-pyrrole nitrogens is 1. The average molecular weight is 557 g/mol. The van der Waals surface area contributed by atoms with Crippen molar-refractivity contribution in [2.75, 3.05) is 37.7 Å². The van der Waals surface area contributed by atoms with Gasteiger partial charge in [-0.1, -0.05) is 24.3 Å². The lowest BCUT2D eigenvalue weighted by Crippen LogP contribution is -2.51. The highest BCUT2D eigenvalue weighted by atomic mass is 19.1. The monoisotopic (exact) mass is 556 g/mol. The Labute approximate surface area is 236 Å². The maximum Gasteiger partial charge on any atom is 0.319 e. The lowest BCUT2D eigenvalue weighted by atomic mass is 9.95. The number of nitrogens with one attached hydrogen (secondary N) is 2. The topological polar surface area (TPSA) is 107 Å². The first-order valence-electron chi connectivity index (χ1n) is 14.6. The van der Waals surface area contributed by atoms with Crippen LogP contribution in [0.5, 0.6) is 11.8 Å². The molecule has 10 heteroatoms. The zero-order valence-corrected chi connectivity index (χ0v) is 22.8. The number of phenols is 1. The quantitative estimate of drug-likeness (QED) is 0.342. The van der Waals surface area contributed by atoms with Crippen LogP contribution in [0.2, 0.25) is 0 Å². The Morgan fingerprint density at radius 1 is 1.10 bits per heavy atom. The molecule has 9 nitrogen and oxygen atoms in total. The van der Waals surface area contributed by atoms with Gasteiger partial charge in [0.1, 0.15) is 29.7 Å². The number of fused-ring (bicyclic) bond motifs is 5. The standard InChI is InChI=1S/C31H33FN6O3/c32-19-13-31(8-3-9-38(31)14-19)17-41-30-35-26-12-25(24-11-22(39)10-18-4-1-2-5-23(18)24)34-29(40)27(26)28(36-30)37-15-20-6-7-21(16-37)33-20/h1-2,4-5,10-12,19-21,33,39H,3,6-9,13-17H2,(H,34,40)/t19-,20?,21?,31+/m1/s1. The minimum absolute atomic E-state index is 0.117. The SMILES string of the molecule is O=c1[nH]c(-c2cc(O)cc3ccccc23)cc2nc(OC[C@@]34CCCN3C[C@H](F)C4)nc(N3CC4CCC(C3)N4)c12. The molecule has 2 aromatic heterocycles. The fraction of sp³-hybridized carbons (Fsp3) is 0.452. The van der Waals surface area contributed by atoms with Gasteiger partial charge in [0, 0.05) is 43.7 Å². The summed E-state index contributed by atoms with van der Waals surface area (Å²) >= 11 is 0. The molecule has 4 fully saturated rings. The normalized spacial score (nSPS) is 27.6. The fourth-order valence-electron chi connectivity index (χ4n) is 7.70. The van der Waals surface area contributed by atoms with Gasteiger partial charge in [-0.15, -0.1) is 0 Å². The van der Waals surface area contributed by atoms with Crippen molar-refractivity contribution in [2.24, 2.45) is 0 Å². The minimum atomic E-state index is -0.846. The Hall–Kier alpha value is -3.76. The van der Waals surface area contributed by atoms with Crippen molar-refractivity contribution in [1.82, 2.24) is 25.2 Å². The average Bonchev–Trinajstić information content (AvgIpc) is 3.61. The third-order valence-corrected chi connectivity index (χ3v) is 9.54. The Kier molecular flexibility index (Phi) is 5.72. The van der Waals surface area contributed by atoms with E-state index in [2.05, 4.69) is 20.1 Å². The van der Waals surface area contributed by atoms with Crippen molar-refractivity contribution in [1.29, 1.82) is 0 Å². The number of alkyl halides is 1. The van der Waals surface area contributed by atoms with Gasteiger partial charge in [0.05, 0.1) is 16.7 Å². The summed E-state index contributed by atoms with van der Waals surface area (Å²) in [7, 11) is 0. The van der Waals surface area contributed by atoms with E-state index in [1.165, 1.54) is 0 Å². The molecule has 4 aliphatic rings. The maximum absolute atomic E-state index is 14.4. The lowest BCUT2D eigenvalue weighted by molar-refractivity contribution is 0.107. The first-order valence-corrected chi connectivity index (χ1v) is 14.6. The highest BCUT2D eigenvalue weighted by molar-refractivity contribution is 5.99. The number of phenolic OH excluding ortho intramolecular Hbond substituents is 1. The summed E-state index contributed by atoms with van der Waals surface area (Å²) in [6.07, 6.45) is 3.73. The van der Waals surface area contributed by atoms with Crippen LogP contribution in [-0.4, -0.2) is 81.5 Å². The number of nitrogens with zero attached hydrogens (tertiary/aromatic N) is 4.